The average Bonchev–Trinajstić information content (AvgIpc) is 2.81. The van der Waals surface area contributed by atoms with E-state index in [4.69, 9.17) is 21.1 Å². The highest BCUT2D eigenvalue weighted by Crippen LogP contribution is 2.21. The van der Waals surface area contributed by atoms with E-state index in [-0.39, 0.29) is 24.8 Å². The summed E-state index contributed by atoms with van der Waals surface area (Å²) in [6.45, 7) is 7.24. The Kier molecular flexibility index (Phi) is 11.0. The van der Waals surface area contributed by atoms with E-state index in [1.807, 2.05) is 63.2 Å². The fourth-order valence-electron chi connectivity index (χ4n) is 3.38. The molecule has 0 aliphatic heterocycles. The Morgan fingerprint density at radius 1 is 1.06 bits per heavy atom. The third-order valence-electron chi connectivity index (χ3n) is 5.23. The molecule has 0 aliphatic carbocycles. The summed E-state index contributed by atoms with van der Waals surface area (Å²) in [5.41, 5.74) is 0.817. The first-order valence-electron chi connectivity index (χ1n) is 11.4. The van der Waals surface area contributed by atoms with Crippen LogP contribution in [0.15, 0.2) is 48.5 Å². The van der Waals surface area contributed by atoms with Gasteiger partial charge in [-0.15, -0.1) is 0 Å². The molecule has 2 aromatic carbocycles. The van der Waals surface area contributed by atoms with E-state index in [9.17, 15) is 9.59 Å². The van der Waals surface area contributed by atoms with Gasteiger partial charge >= 0.3 is 0 Å². The fourth-order valence-corrected chi connectivity index (χ4v) is 3.58. The molecule has 0 aliphatic rings. The zero-order chi connectivity index (χ0) is 24.2. The van der Waals surface area contributed by atoms with Gasteiger partial charge in [0, 0.05) is 24.5 Å². The largest absolute Gasteiger partial charge is 0.497 e. The highest BCUT2D eigenvalue weighted by molar-refractivity contribution is 6.31. The molecule has 0 saturated heterocycles. The molecule has 0 unspecified atom stereocenters. The van der Waals surface area contributed by atoms with E-state index in [1.54, 1.807) is 18.1 Å². The van der Waals surface area contributed by atoms with Gasteiger partial charge < -0.3 is 19.7 Å². The molecule has 0 radical (unpaired) electrons. The summed E-state index contributed by atoms with van der Waals surface area (Å²) in [6.07, 6.45) is 1.32. The summed E-state index contributed by atoms with van der Waals surface area (Å²) in [7, 11) is 1.61. The van der Waals surface area contributed by atoms with Gasteiger partial charge in [-0.2, -0.15) is 0 Å². The first kappa shape index (κ1) is 26.5. The number of hydrogen-bond donors (Lipinski definition) is 1. The molecule has 33 heavy (non-hydrogen) atoms. The third-order valence-corrected chi connectivity index (χ3v) is 5.60. The van der Waals surface area contributed by atoms with Gasteiger partial charge in [0.2, 0.25) is 11.8 Å². The summed E-state index contributed by atoms with van der Waals surface area (Å²) in [6, 6.07) is 14.2. The minimum Gasteiger partial charge on any atom is -0.497 e. The van der Waals surface area contributed by atoms with Crippen LogP contribution in [0.3, 0.4) is 0 Å². The third kappa shape index (κ3) is 8.61. The van der Waals surface area contributed by atoms with Crippen LogP contribution in [-0.2, 0) is 16.1 Å². The Morgan fingerprint density at radius 2 is 1.73 bits per heavy atom. The standard InChI is InChI=1S/C26H35ClN2O4/c1-5-24(26(31)28-17-19(2)3)29(18-20-9-6-7-10-23(20)27)25(30)11-8-16-33-22-14-12-21(32-4)13-15-22/h6-7,9-10,12-15,19,24H,5,8,11,16-18H2,1-4H3,(H,28,31)/t24-/m0/s1. The van der Waals surface area contributed by atoms with Crippen LogP contribution in [0, 0.1) is 5.92 Å². The van der Waals surface area contributed by atoms with Crippen molar-refractivity contribution in [2.75, 3.05) is 20.3 Å². The van der Waals surface area contributed by atoms with Gasteiger partial charge in [0.25, 0.3) is 0 Å². The van der Waals surface area contributed by atoms with Crippen molar-refractivity contribution < 1.29 is 19.1 Å². The van der Waals surface area contributed by atoms with Gasteiger partial charge in [0.15, 0.2) is 0 Å². The van der Waals surface area contributed by atoms with E-state index in [2.05, 4.69) is 5.32 Å². The monoisotopic (exact) mass is 474 g/mol. The van der Waals surface area contributed by atoms with Crippen LogP contribution in [0.25, 0.3) is 0 Å². The van der Waals surface area contributed by atoms with Crippen molar-refractivity contribution in [3.8, 4) is 11.5 Å². The molecular formula is C26H35ClN2O4. The van der Waals surface area contributed by atoms with Crippen molar-refractivity contribution in [3.05, 3.63) is 59.1 Å². The number of methoxy groups -OCH3 is 1. The lowest BCUT2D eigenvalue weighted by Crippen LogP contribution is -2.49. The van der Waals surface area contributed by atoms with Crippen molar-refractivity contribution in [3.63, 3.8) is 0 Å². The zero-order valence-electron chi connectivity index (χ0n) is 20.0. The normalized spacial score (nSPS) is 11.7. The second-order valence-corrected chi connectivity index (χ2v) is 8.71. The van der Waals surface area contributed by atoms with Crippen LogP contribution in [0.4, 0.5) is 0 Å². The van der Waals surface area contributed by atoms with Crippen LogP contribution in [0.1, 0.15) is 45.6 Å². The Bertz CT molecular complexity index is 886. The molecular weight excluding hydrogens is 440 g/mol. The number of carbonyl (C=O) groups excluding carboxylic acids is 2. The molecule has 0 fully saturated rings. The number of halogens is 1. The molecule has 2 amide bonds. The van der Waals surface area contributed by atoms with Gasteiger partial charge in [-0.1, -0.05) is 50.6 Å². The molecule has 0 saturated carbocycles. The number of hydrogen-bond acceptors (Lipinski definition) is 4. The number of nitrogens with one attached hydrogen (secondary N) is 1. The molecule has 2 rings (SSSR count). The van der Waals surface area contributed by atoms with Crippen LogP contribution in [-0.4, -0.2) is 43.0 Å². The highest BCUT2D eigenvalue weighted by Gasteiger charge is 2.28. The molecule has 6 nitrogen and oxygen atoms in total. The maximum atomic E-state index is 13.2. The zero-order valence-corrected chi connectivity index (χ0v) is 20.7. The summed E-state index contributed by atoms with van der Waals surface area (Å²) < 4.78 is 10.9. The number of ether oxygens (including phenoxy) is 2. The second-order valence-electron chi connectivity index (χ2n) is 8.30. The molecule has 7 heteroatoms. The smallest absolute Gasteiger partial charge is 0.242 e. The lowest BCUT2D eigenvalue weighted by atomic mass is 10.1. The Labute approximate surface area is 202 Å². The lowest BCUT2D eigenvalue weighted by Gasteiger charge is -2.31. The van der Waals surface area contributed by atoms with Gasteiger partial charge in [0.1, 0.15) is 17.5 Å². The maximum absolute atomic E-state index is 13.2. The van der Waals surface area contributed by atoms with E-state index in [0.29, 0.717) is 36.9 Å². The predicted octanol–water partition coefficient (Wildman–Crippen LogP) is 5.09. The molecule has 0 spiro atoms. The summed E-state index contributed by atoms with van der Waals surface area (Å²) in [5.74, 6) is 1.57. The summed E-state index contributed by atoms with van der Waals surface area (Å²) in [4.78, 5) is 27.8. The van der Waals surface area contributed by atoms with Crippen LogP contribution < -0.4 is 14.8 Å². The predicted molar refractivity (Wildman–Crippen MR) is 132 cm³/mol. The van der Waals surface area contributed by atoms with Crippen LogP contribution in [0.5, 0.6) is 11.5 Å². The molecule has 1 atom stereocenters. The van der Waals surface area contributed by atoms with Crippen molar-refractivity contribution >= 4 is 23.4 Å². The number of benzene rings is 2. The van der Waals surface area contributed by atoms with Gasteiger partial charge in [0.05, 0.1) is 13.7 Å². The van der Waals surface area contributed by atoms with Gasteiger partial charge in [-0.25, -0.2) is 0 Å². The maximum Gasteiger partial charge on any atom is 0.242 e. The molecule has 180 valence electrons. The SMILES string of the molecule is CC[C@@H](C(=O)NCC(C)C)N(Cc1ccccc1Cl)C(=O)CCCOc1ccc(OC)cc1. The first-order valence-corrected chi connectivity index (χ1v) is 11.8. The lowest BCUT2D eigenvalue weighted by molar-refractivity contribution is -0.141. The second kappa shape index (κ2) is 13.7. The summed E-state index contributed by atoms with van der Waals surface area (Å²) in [5, 5.41) is 3.55. The molecule has 0 bridgehead atoms. The highest BCUT2D eigenvalue weighted by atomic mass is 35.5. The van der Waals surface area contributed by atoms with Crippen molar-refractivity contribution in [1.29, 1.82) is 0 Å². The van der Waals surface area contributed by atoms with E-state index < -0.39 is 6.04 Å². The molecule has 1 N–H and O–H groups in total. The summed E-state index contributed by atoms with van der Waals surface area (Å²) >= 11 is 6.35. The number of nitrogens with zero attached hydrogens (tertiary/aromatic N) is 1. The van der Waals surface area contributed by atoms with E-state index in [0.717, 1.165) is 17.1 Å². The van der Waals surface area contributed by atoms with E-state index in [1.165, 1.54) is 0 Å². The van der Waals surface area contributed by atoms with Crippen molar-refractivity contribution in [2.24, 2.45) is 5.92 Å². The van der Waals surface area contributed by atoms with Crippen molar-refractivity contribution in [1.82, 2.24) is 10.2 Å². The number of amides is 2. The first-order chi connectivity index (χ1) is 15.8. The Balaban J connectivity index is 2.04. The molecule has 2 aromatic rings. The molecule has 0 aromatic heterocycles. The number of rotatable bonds is 13. The van der Waals surface area contributed by atoms with Gasteiger partial charge in [-0.05, 0) is 54.7 Å². The average molecular weight is 475 g/mol. The van der Waals surface area contributed by atoms with Crippen LogP contribution in [0.2, 0.25) is 5.02 Å². The molecule has 0 heterocycles. The quantitative estimate of drug-likeness (QED) is 0.411. The van der Waals surface area contributed by atoms with Gasteiger partial charge in [-0.3, -0.25) is 9.59 Å². The number of carbonyl (C=O) groups is 2. The minimum atomic E-state index is -0.560. The Morgan fingerprint density at radius 3 is 2.33 bits per heavy atom. The van der Waals surface area contributed by atoms with Crippen LogP contribution >= 0.6 is 11.6 Å². The Hall–Kier alpha value is -2.73. The fraction of sp³-hybridized carbons (Fsp3) is 0.462. The van der Waals surface area contributed by atoms with Crippen molar-refractivity contribution in [2.45, 2.75) is 52.6 Å². The minimum absolute atomic E-state index is 0.0974. The topological polar surface area (TPSA) is 67.9 Å². The van der Waals surface area contributed by atoms with E-state index >= 15 is 0 Å².